The smallest absolute Gasteiger partial charge is 0.318 e. The number of anilines is 1. The third kappa shape index (κ3) is 5.52. The highest BCUT2D eigenvalue weighted by Gasteiger charge is 2.24. The van der Waals surface area contributed by atoms with Crippen molar-refractivity contribution in [1.29, 1.82) is 0 Å². The number of hydrogen-bond acceptors (Lipinski definition) is 4. The molecule has 1 saturated heterocycles. The molecule has 3 rings (SSSR count). The van der Waals surface area contributed by atoms with Crippen LogP contribution in [0.3, 0.4) is 0 Å². The zero-order valence-electron chi connectivity index (χ0n) is 15.5. The van der Waals surface area contributed by atoms with Crippen molar-refractivity contribution >= 4 is 17.6 Å². The number of aromatic nitrogens is 1. The third-order valence-corrected chi connectivity index (χ3v) is 4.57. The van der Waals surface area contributed by atoms with Gasteiger partial charge >= 0.3 is 6.03 Å². The molecule has 2 heterocycles. The molecule has 0 bridgehead atoms. The van der Waals surface area contributed by atoms with Crippen molar-refractivity contribution in [2.45, 2.75) is 19.5 Å². The second-order valence-electron chi connectivity index (χ2n) is 6.65. The first kappa shape index (κ1) is 18.8. The van der Waals surface area contributed by atoms with Crippen molar-refractivity contribution in [2.24, 2.45) is 0 Å². The average molecular weight is 367 g/mol. The molecular weight excluding hydrogens is 342 g/mol. The van der Waals surface area contributed by atoms with Crippen LogP contribution in [0.4, 0.5) is 10.5 Å². The van der Waals surface area contributed by atoms with Crippen LogP contribution in [0.5, 0.6) is 0 Å². The Balaban J connectivity index is 1.43. The van der Waals surface area contributed by atoms with Gasteiger partial charge in [-0.3, -0.25) is 14.7 Å². The van der Waals surface area contributed by atoms with Crippen molar-refractivity contribution in [3.8, 4) is 0 Å². The van der Waals surface area contributed by atoms with E-state index < -0.39 is 6.04 Å². The van der Waals surface area contributed by atoms with Crippen LogP contribution in [0, 0.1) is 0 Å². The van der Waals surface area contributed by atoms with Gasteiger partial charge in [-0.2, -0.15) is 0 Å². The lowest BCUT2D eigenvalue weighted by Crippen LogP contribution is -2.54. The van der Waals surface area contributed by atoms with Crippen LogP contribution < -0.4 is 10.6 Å². The van der Waals surface area contributed by atoms with Gasteiger partial charge in [0.15, 0.2) is 0 Å². The van der Waals surface area contributed by atoms with Gasteiger partial charge in [0.2, 0.25) is 5.91 Å². The third-order valence-electron chi connectivity index (χ3n) is 4.57. The predicted molar refractivity (Wildman–Crippen MR) is 104 cm³/mol. The van der Waals surface area contributed by atoms with Gasteiger partial charge in [0.05, 0.1) is 11.9 Å². The standard InChI is InChI=1S/C20H25N5O2/c1-16(19(26)23-18-8-5-9-21-14-18)22-20(27)25-12-10-24(11-13-25)15-17-6-3-2-4-7-17/h2-9,14,16H,10-13,15H2,1H3,(H,22,27)(H,23,26)/t16-/m1/s1. The van der Waals surface area contributed by atoms with Crippen LogP contribution >= 0.6 is 0 Å². The number of hydrogen-bond donors (Lipinski definition) is 2. The summed E-state index contributed by atoms with van der Waals surface area (Å²) in [7, 11) is 0. The molecule has 2 N–H and O–H groups in total. The maximum Gasteiger partial charge on any atom is 0.318 e. The lowest BCUT2D eigenvalue weighted by molar-refractivity contribution is -0.117. The second kappa shape index (κ2) is 9.14. The van der Waals surface area contributed by atoms with Gasteiger partial charge in [-0.15, -0.1) is 0 Å². The van der Waals surface area contributed by atoms with Crippen LogP contribution in [-0.4, -0.2) is 58.9 Å². The maximum absolute atomic E-state index is 12.4. The monoisotopic (exact) mass is 367 g/mol. The molecule has 0 aliphatic carbocycles. The SMILES string of the molecule is C[C@@H](NC(=O)N1CCN(Cc2ccccc2)CC1)C(=O)Nc1cccnc1. The number of urea groups is 1. The fraction of sp³-hybridized carbons (Fsp3) is 0.350. The number of carbonyl (C=O) groups is 2. The fourth-order valence-corrected chi connectivity index (χ4v) is 2.98. The molecule has 0 unspecified atom stereocenters. The summed E-state index contributed by atoms with van der Waals surface area (Å²) in [5.41, 5.74) is 1.88. The van der Waals surface area contributed by atoms with Gasteiger partial charge in [0.25, 0.3) is 0 Å². The zero-order chi connectivity index (χ0) is 19.1. The van der Waals surface area contributed by atoms with E-state index in [2.05, 4.69) is 32.7 Å². The van der Waals surface area contributed by atoms with Crippen molar-refractivity contribution in [3.05, 3.63) is 60.4 Å². The van der Waals surface area contributed by atoms with E-state index in [0.717, 1.165) is 19.6 Å². The topological polar surface area (TPSA) is 77.6 Å². The number of amides is 3. The molecule has 1 aromatic carbocycles. The molecule has 1 aliphatic rings. The highest BCUT2D eigenvalue weighted by atomic mass is 16.2. The summed E-state index contributed by atoms with van der Waals surface area (Å²) in [6.45, 7) is 5.50. The number of pyridine rings is 1. The summed E-state index contributed by atoms with van der Waals surface area (Å²) in [5, 5.41) is 5.51. The highest BCUT2D eigenvalue weighted by molar-refractivity contribution is 5.96. The van der Waals surface area contributed by atoms with E-state index in [9.17, 15) is 9.59 Å². The number of piperazine rings is 1. The Morgan fingerprint density at radius 1 is 1.07 bits per heavy atom. The van der Waals surface area contributed by atoms with Gasteiger partial charge < -0.3 is 15.5 Å². The minimum Gasteiger partial charge on any atom is -0.326 e. The molecule has 27 heavy (non-hydrogen) atoms. The number of carbonyl (C=O) groups excluding carboxylic acids is 2. The molecule has 1 aromatic heterocycles. The molecule has 142 valence electrons. The van der Waals surface area contributed by atoms with E-state index in [-0.39, 0.29) is 11.9 Å². The van der Waals surface area contributed by atoms with Crippen molar-refractivity contribution < 1.29 is 9.59 Å². The summed E-state index contributed by atoms with van der Waals surface area (Å²) in [5.74, 6) is -0.265. The summed E-state index contributed by atoms with van der Waals surface area (Å²) in [6, 6.07) is 13.0. The molecule has 2 aromatic rings. The molecule has 1 fully saturated rings. The summed E-state index contributed by atoms with van der Waals surface area (Å²) in [4.78, 5) is 32.7. The second-order valence-corrected chi connectivity index (χ2v) is 6.65. The largest absolute Gasteiger partial charge is 0.326 e. The van der Waals surface area contributed by atoms with Crippen LogP contribution in [0.2, 0.25) is 0 Å². The Labute approximate surface area is 159 Å². The first-order valence-electron chi connectivity index (χ1n) is 9.14. The number of benzene rings is 1. The number of nitrogens with zero attached hydrogens (tertiary/aromatic N) is 3. The first-order valence-corrected chi connectivity index (χ1v) is 9.14. The Bertz CT molecular complexity index is 745. The molecular formula is C20H25N5O2. The van der Waals surface area contributed by atoms with Gasteiger partial charge in [-0.25, -0.2) is 4.79 Å². The first-order chi connectivity index (χ1) is 13.1. The van der Waals surface area contributed by atoms with Gasteiger partial charge in [0.1, 0.15) is 6.04 Å². The fourth-order valence-electron chi connectivity index (χ4n) is 2.98. The van der Waals surface area contributed by atoms with Crippen molar-refractivity contribution in [1.82, 2.24) is 20.1 Å². The van der Waals surface area contributed by atoms with E-state index in [1.165, 1.54) is 5.56 Å². The van der Waals surface area contributed by atoms with Crippen LogP contribution in [0.25, 0.3) is 0 Å². The molecule has 7 nitrogen and oxygen atoms in total. The summed E-state index contributed by atoms with van der Waals surface area (Å²) < 4.78 is 0. The Morgan fingerprint density at radius 3 is 2.48 bits per heavy atom. The average Bonchev–Trinajstić information content (AvgIpc) is 2.70. The molecule has 1 atom stereocenters. The quantitative estimate of drug-likeness (QED) is 0.847. The highest BCUT2D eigenvalue weighted by Crippen LogP contribution is 2.09. The van der Waals surface area contributed by atoms with Crippen molar-refractivity contribution in [2.75, 3.05) is 31.5 Å². The van der Waals surface area contributed by atoms with Gasteiger partial charge in [-0.05, 0) is 24.6 Å². The van der Waals surface area contributed by atoms with Gasteiger partial charge in [-0.1, -0.05) is 30.3 Å². The van der Waals surface area contributed by atoms with Crippen LogP contribution in [0.1, 0.15) is 12.5 Å². The zero-order valence-corrected chi connectivity index (χ0v) is 15.5. The van der Waals surface area contributed by atoms with E-state index in [1.807, 2.05) is 18.2 Å². The van der Waals surface area contributed by atoms with Crippen LogP contribution in [0.15, 0.2) is 54.9 Å². The Kier molecular flexibility index (Phi) is 6.38. The van der Waals surface area contributed by atoms with E-state index in [4.69, 9.17) is 0 Å². The van der Waals surface area contributed by atoms with E-state index >= 15 is 0 Å². The minimum absolute atomic E-state index is 0.205. The Morgan fingerprint density at radius 2 is 1.81 bits per heavy atom. The normalized spacial score (nSPS) is 15.8. The number of rotatable bonds is 5. The Hall–Kier alpha value is -2.93. The molecule has 1 aliphatic heterocycles. The summed E-state index contributed by atoms with van der Waals surface area (Å²) >= 11 is 0. The van der Waals surface area contributed by atoms with E-state index in [1.54, 1.807) is 36.4 Å². The van der Waals surface area contributed by atoms with E-state index in [0.29, 0.717) is 18.8 Å². The molecule has 0 spiro atoms. The molecule has 3 amide bonds. The minimum atomic E-state index is -0.625. The summed E-state index contributed by atoms with van der Waals surface area (Å²) in [6.07, 6.45) is 3.21. The lowest BCUT2D eigenvalue weighted by Gasteiger charge is -2.35. The molecule has 0 saturated carbocycles. The van der Waals surface area contributed by atoms with Crippen LogP contribution in [-0.2, 0) is 11.3 Å². The lowest BCUT2D eigenvalue weighted by atomic mass is 10.2. The molecule has 0 radical (unpaired) electrons. The van der Waals surface area contributed by atoms with Gasteiger partial charge in [0, 0.05) is 38.9 Å². The predicted octanol–water partition coefficient (Wildman–Crippen LogP) is 1.94. The van der Waals surface area contributed by atoms with Crippen molar-refractivity contribution in [3.63, 3.8) is 0 Å². The molecule has 7 heteroatoms. The maximum atomic E-state index is 12.4. The number of nitrogens with one attached hydrogen (secondary N) is 2.